The zero-order valence-corrected chi connectivity index (χ0v) is 32.4. The number of rotatable bonds is 8. The molecule has 0 bridgehead atoms. The van der Waals surface area contributed by atoms with Crippen LogP contribution in [0.25, 0.3) is 22.1 Å². The van der Waals surface area contributed by atoms with E-state index in [2.05, 4.69) is 30.6 Å². The highest BCUT2D eigenvalue weighted by atomic mass is 35.5. The van der Waals surface area contributed by atoms with E-state index in [4.69, 9.17) is 11.6 Å². The first-order valence-electron chi connectivity index (χ1n) is 18.1. The molecule has 0 spiro atoms. The molecule has 2 aromatic heterocycles. The van der Waals surface area contributed by atoms with Gasteiger partial charge in [0.15, 0.2) is 23.2 Å². The van der Waals surface area contributed by atoms with E-state index in [0.717, 1.165) is 6.07 Å². The van der Waals surface area contributed by atoms with Gasteiger partial charge in [-0.2, -0.15) is 0 Å². The molecule has 2 amide bonds. The third kappa shape index (κ3) is 9.06. The molecular weight excluding hydrogens is 793 g/mol. The van der Waals surface area contributed by atoms with Gasteiger partial charge in [0, 0.05) is 39.7 Å². The van der Waals surface area contributed by atoms with Gasteiger partial charge in [-0.15, -0.1) is 0 Å². The summed E-state index contributed by atoms with van der Waals surface area (Å²) in [5, 5.41) is 5.26. The Labute approximate surface area is 345 Å². The number of hydrogen-bond donors (Lipinski definition) is 2. The van der Waals surface area contributed by atoms with Crippen molar-refractivity contribution in [3.05, 3.63) is 201 Å². The number of fused-ring (bicyclic) bond motifs is 2. The quantitative estimate of drug-likeness (QED) is 0.144. The number of nitrogens with one attached hydrogen (secondary N) is 2. The highest BCUT2D eigenvalue weighted by Crippen LogP contribution is 2.25. The number of nitrogens with zero attached hydrogens (tertiary/aromatic N) is 4. The lowest BCUT2D eigenvalue weighted by atomic mass is 10.0. The summed E-state index contributed by atoms with van der Waals surface area (Å²) in [6.45, 7) is 3.58. The number of hydrogen-bond acceptors (Lipinski definition) is 8. The number of amides is 2. The lowest BCUT2D eigenvalue weighted by molar-refractivity contribution is 0.101. The molecule has 0 saturated heterocycles. The number of anilines is 2. The first kappa shape index (κ1) is 40.6. The standard InChI is InChI=1S/C23H15ClFN3O2.C23H15F2N3O2/c2*1-13-12-26-18-9-8-14(11-20(18)27-13)22(29)17-6-3-7-19(21(17)25)28-23(30)15-4-2-5-16(24)10-15/h2*2-12H,1H3,(H,28,30). The van der Waals surface area contributed by atoms with E-state index in [9.17, 15) is 23.6 Å². The van der Waals surface area contributed by atoms with Gasteiger partial charge < -0.3 is 10.6 Å². The minimum absolute atomic E-state index is 0.0367. The molecule has 0 atom stereocenters. The summed E-state index contributed by atoms with van der Waals surface area (Å²) in [6.07, 6.45) is 3.25. The first-order valence-corrected chi connectivity index (χ1v) is 18.5. The molecule has 14 heteroatoms. The second kappa shape index (κ2) is 17.5. The predicted octanol–water partition coefficient (Wildman–Crippen LogP) is 9.91. The van der Waals surface area contributed by atoms with Crippen molar-refractivity contribution in [3.8, 4) is 0 Å². The zero-order chi connectivity index (χ0) is 42.5. The molecule has 0 aliphatic heterocycles. The Morgan fingerprint density at radius 3 is 1.42 bits per heavy atom. The van der Waals surface area contributed by atoms with Crippen molar-refractivity contribution in [2.24, 2.45) is 0 Å². The minimum Gasteiger partial charge on any atom is -0.319 e. The van der Waals surface area contributed by atoms with Crippen LogP contribution >= 0.6 is 11.6 Å². The fourth-order valence-electron chi connectivity index (χ4n) is 6.06. The fraction of sp³-hybridized carbons (Fsp3) is 0.0435. The first-order chi connectivity index (χ1) is 28.8. The summed E-state index contributed by atoms with van der Waals surface area (Å²) in [4.78, 5) is 67.7. The summed E-state index contributed by atoms with van der Waals surface area (Å²) in [7, 11) is 0. The van der Waals surface area contributed by atoms with Gasteiger partial charge in [0.05, 0.1) is 56.0 Å². The molecular formula is C46H30ClF3N6O4. The normalized spacial score (nSPS) is 10.8. The van der Waals surface area contributed by atoms with Gasteiger partial charge in [0.25, 0.3) is 11.8 Å². The maximum atomic E-state index is 15.1. The van der Waals surface area contributed by atoms with Gasteiger partial charge in [-0.1, -0.05) is 35.9 Å². The van der Waals surface area contributed by atoms with Crippen molar-refractivity contribution in [1.82, 2.24) is 19.9 Å². The van der Waals surface area contributed by atoms with Crippen molar-refractivity contribution in [2.75, 3.05) is 10.6 Å². The Bertz CT molecular complexity index is 2820. The molecule has 2 heterocycles. The van der Waals surface area contributed by atoms with E-state index in [0.29, 0.717) is 38.5 Å². The lowest BCUT2D eigenvalue weighted by Crippen LogP contribution is -2.15. The summed E-state index contributed by atoms with van der Waals surface area (Å²) >= 11 is 5.90. The van der Waals surface area contributed by atoms with Gasteiger partial charge in [-0.05, 0) is 111 Å². The van der Waals surface area contributed by atoms with Crippen molar-refractivity contribution >= 4 is 68.4 Å². The van der Waals surface area contributed by atoms with Crippen LogP contribution < -0.4 is 10.6 Å². The summed E-state index contributed by atoms with van der Waals surface area (Å²) < 4.78 is 43.4. The van der Waals surface area contributed by atoms with Crippen molar-refractivity contribution in [3.63, 3.8) is 0 Å². The number of carbonyl (C=O) groups is 4. The van der Waals surface area contributed by atoms with Gasteiger partial charge in [0.2, 0.25) is 0 Å². The molecule has 10 nitrogen and oxygen atoms in total. The maximum Gasteiger partial charge on any atom is 0.255 e. The van der Waals surface area contributed by atoms with Crippen molar-refractivity contribution in [2.45, 2.75) is 13.8 Å². The van der Waals surface area contributed by atoms with Gasteiger partial charge in [-0.25, -0.2) is 23.1 Å². The molecule has 0 aliphatic rings. The third-order valence-electron chi connectivity index (χ3n) is 9.01. The van der Waals surface area contributed by atoms with E-state index in [1.807, 2.05) is 0 Å². The van der Waals surface area contributed by atoms with Crippen LogP contribution in [0.4, 0.5) is 24.5 Å². The largest absolute Gasteiger partial charge is 0.319 e. The van der Waals surface area contributed by atoms with E-state index in [1.165, 1.54) is 60.7 Å². The Kier molecular flexibility index (Phi) is 11.8. The zero-order valence-electron chi connectivity index (χ0n) is 31.6. The van der Waals surface area contributed by atoms with Crippen LogP contribution in [0.15, 0.2) is 134 Å². The number of aryl methyl sites for hydroxylation is 2. The Hall–Kier alpha value is -7.64. The topological polar surface area (TPSA) is 144 Å². The number of aromatic nitrogens is 4. The molecule has 296 valence electrons. The van der Waals surface area contributed by atoms with Crippen LogP contribution in [0.1, 0.15) is 63.9 Å². The van der Waals surface area contributed by atoms with Gasteiger partial charge in [0.1, 0.15) is 5.82 Å². The summed E-state index contributed by atoms with van der Waals surface area (Å²) in [6, 6.07) is 29.3. The summed E-state index contributed by atoms with van der Waals surface area (Å²) in [5.41, 5.74) is 3.95. The molecule has 0 aliphatic carbocycles. The Morgan fingerprint density at radius 2 is 0.950 bits per heavy atom. The van der Waals surface area contributed by atoms with Gasteiger partial charge in [-0.3, -0.25) is 29.1 Å². The van der Waals surface area contributed by atoms with Crippen LogP contribution in [0, 0.1) is 31.3 Å². The average Bonchev–Trinajstić information content (AvgIpc) is 3.24. The maximum absolute atomic E-state index is 15.1. The second-order valence-electron chi connectivity index (χ2n) is 13.4. The Morgan fingerprint density at radius 1 is 0.500 bits per heavy atom. The van der Waals surface area contributed by atoms with Gasteiger partial charge >= 0.3 is 0 Å². The summed E-state index contributed by atoms with van der Waals surface area (Å²) in [5.74, 6) is -4.55. The molecule has 0 fully saturated rings. The monoisotopic (exact) mass is 822 g/mol. The molecule has 0 unspecified atom stereocenters. The number of ketones is 2. The van der Waals surface area contributed by atoms with E-state index < -0.39 is 40.8 Å². The fourth-order valence-corrected chi connectivity index (χ4v) is 6.25. The molecule has 0 radical (unpaired) electrons. The Balaban J connectivity index is 0.000000181. The molecule has 6 aromatic carbocycles. The van der Waals surface area contributed by atoms with Crippen LogP contribution in [0.3, 0.4) is 0 Å². The van der Waals surface area contributed by atoms with E-state index >= 15 is 8.78 Å². The molecule has 60 heavy (non-hydrogen) atoms. The van der Waals surface area contributed by atoms with Crippen LogP contribution in [0.5, 0.6) is 0 Å². The van der Waals surface area contributed by atoms with Crippen LogP contribution in [-0.4, -0.2) is 43.3 Å². The smallest absolute Gasteiger partial charge is 0.255 e. The predicted molar refractivity (Wildman–Crippen MR) is 222 cm³/mol. The van der Waals surface area contributed by atoms with Crippen LogP contribution in [-0.2, 0) is 0 Å². The highest BCUT2D eigenvalue weighted by Gasteiger charge is 2.21. The second-order valence-corrected chi connectivity index (χ2v) is 13.8. The number of halogens is 4. The molecule has 8 aromatic rings. The highest BCUT2D eigenvalue weighted by molar-refractivity contribution is 6.31. The van der Waals surface area contributed by atoms with Crippen molar-refractivity contribution in [1.29, 1.82) is 0 Å². The van der Waals surface area contributed by atoms with Crippen LogP contribution in [0.2, 0.25) is 5.02 Å². The van der Waals surface area contributed by atoms with E-state index in [-0.39, 0.29) is 44.8 Å². The van der Waals surface area contributed by atoms with E-state index in [1.54, 1.807) is 80.8 Å². The lowest BCUT2D eigenvalue weighted by Gasteiger charge is -2.10. The molecule has 2 N–H and O–H groups in total. The number of benzene rings is 6. The molecule has 0 saturated carbocycles. The SMILES string of the molecule is Cc1cnc2ccc(C(=O)c3cccc(NC(=O)c4cccc(Cl)c4)c3F)cc2n1.Cc1cnc2ccc(C(=O)c3cccc(NC(=O)c4cccc(F)c4)c3F)cc2n1. The molecule has 8 rings (SSSR count). The number of carbonyl (C=O) groups excluding carboxylic acids is 4. The average molecular weight is 823 g/mol. The van der Waals surface area contributed by atoms with Crippen molar-refractivity contribution < 1.29 is 32.3 Å². The third-order valence-corrected chi connectivity index (χ3v) is 9.24. The minimum atomic E-state index is -0.873.